The highest BCUT2D eigenvalue weighted by molar-refractivity contribution is 5.83. The number of hydrogen-bond acceptors (Lipinski definition) is 4. The highest BCUT2D eigenvalue weighted by Gasteiger charge is 2.21. The van der Waals surface area contributed by atoms with Gasteiger partial charge in [-0.05, 0) is 60.5 Å². The Morgan fingerprint density at radius 3 is 1.97 bits per heavy atom. The number of halogens is 1. The van der Waals surface area contributed by atoms with Gasteiger partial charge in [-0.2, -0.15) is 0 Å². The van der Waals surface area contributed by atoms with E-state index >= 15 is 0 Å². The van der Waals surface area contributed by atoms with E-state index in [4.69, 9.17) is 9.72 Å². The lowest BCUT2D eigenvalue weighted by atomic mass is 9.98. The van der Waals surface area contributed by atoms with E-state index in [0.29, 0.717) is 22.5 Å². The SMILES string of the molecule is Cc1nc2ccc(N(C)c3ccc(OC(C)F)cc3)cc2c(=O)n1C(c1ccccc1)c1ccccc1. The van der Waals surface area contributed by atoms with E-state index in [1.165, 1.54) is 6.92 Å². The quantitative estimate of drug-likeness (QED) is 0.250. The molecule has 6 heteroatoms. The molecule has 0 amide bonds. The summed E-state index contributed by atoms with van der Waals surface area (Å²) in [6.45, 7) is 3.22. The van der Waals surface area contributed by atoms with Gasteiger partial charge >= 0.3 is 0 Å². The third kappa shape index (κ3) is 4.96. The van der Waals surface area contributed by atoms with Crippen LogP contribution in [0.4, 0.5) is 15.8 Å². The molecule has 0 aliphatic carbocycles. The molecule has 37 heavy (non-hydrogen) atoms. The molecule has 0 bridgehead atoms. The van der Waals surface area contributed by atoms with Crippen molar-refractivity contribution in [1.29, 1.82) is 0 Å². The van der Waals surface area contributed by atoms with Gasteiger partial charge in [0.15, 0.2) is 0 Å². The fourth-order valence-corrected chi connectivity index (χ4v) is 4.66. The maximum atomic E-state index is 14.0. The molecule has 0 saturated heterocycles. The average Bonchev–Trinajstić information content (AvgIpc) is 2.91. The van der Waals surface area contributed by atoms with Crippen molar-refractivity contribution in [3.63, 3.8) is 0 Å². The Morgan fingerprint density at radius 2 is 1.41 bits per heavy atom. The first-order valence-electron chi connectivity index (χ1n) is 12.2. The van der Waals surface area contributed by atoms with E-state index < -0.39 is 6.36 Å². The van der Waals surface area contributed by atoms with Gasteiger partial charge in [0.25, 0.3) is 5.56 Å². The van der Waals surface area contributed by atoms with Crippen LogP contribution in [-0.4, -0.2) is 23.0 Å². The van der Waals surface area contributed by atoms with Crippen LogP contribution in [0.2, 0.25) is 0 Å². The van der Waals surface area contributed by atoms with Crippen molar-refractivity contribution in [1.82, 2.24) is 9.55 Å². The van der Waals surface area contributed by atoms with Gasteiger partial charge in [0.1, 0.15) is 11.6 Å². The second-order valence-electron chi connectivity index (χ2n) is 8.97. The molecule has 0 aliphatic heterocycles. The molecule has 5 aromatic rings. The fourth-order valence-electron chi connectivity index (χ4n) is 4.66. The standard InChI is InChI=1S/C31H28FN3O2/c1-21(32)37-27-17-14-25(15-18-27)34(3)26-16-19-29-28(20-26)31(36)35(22(2)33-29)30(23-10-6-4-7-11-23)24-12-8-5-9-13-24/h4-21,30H,1-3H3. The summed E-state index contributed by atoms with van der Waals surface area (Å²) >= 11 is 0. The molecule has 0 radical (unpaired) electrons. The normalized spacial score (nSPS) is 12.0. The number of aryl methyl sites for hydroxylation is 1. The van der Waals surface area contributed by atoms with E-state index in [-0.39, 0.29) is 11.6 Å². The Labute approximate surface area is 215 Å². The van der Waals surface area contributed by atoms with Gasteiger partial charge < -0.3 is 9.64 Å². The summed E-state index contributed by atoms with van der Waals surface area (Å²) in [6, 6.07) is 32.6. The molecule has 1 atom stereocenters. The molecule has 0 spiro atoms. The van der Waals surface area contributed by atoms with Crippen LogP contribution in [0.25, 0.3) is 10.9 Å². The molecule has 1 aromatic heterocycles. The smallest absolute Gasteiger partial charge is 0.262 e. The van der Waals surface area contributed by atoms with Crippen LogP contribution in [0.5, 0.6) is 5.75 Å². The Bertz CT molecular complexity index is 1530. The zero-order valence-corrected chi connectivity index (χ0v) is 21.0. The molecule has 0 N–H and O–H groups in total. The van der Waals surface area contributed by atoms with Crippen molar-refractivity contribution >= 4 is 22.3 Å². The predicted octanol–water partition coefficient (Wildman–Crippen LogP) is 6.80. The van der Waals surface area contributed by atoms with Crippen LogP contribution in [-0.2, 0) is 0 Å². The van der Waals surface area contributed by atoms with Gasteiger partial charge in [-0.15, -0.1) is 0 Å². The summed E-state index contributed by atoms with van der Waals surface area (Å²) in [5, 5.41) is 0.540. The molecule has 0 fully saturated rings. The summed E-state index contributed by atoms with van der Waals surface area (Å²) in [7, 11) is 1.92. The van der Waals surface area contributed by atoms with Crippen molar-refractivity contribution in [3.05, 3.63) is 130 Å². The van der Waals surface area contributed by atoms with E-state index in [0.717, 1.165) is 22.5 Å². The summed E-state index contributed by atoms with van der Waals surface area (Å²) in [5.74, 6) is 1.11. The molecule has 1 heterocycles. The topological polar surface area (TPSA) is 47.4 Å². The summed E-state index contributed by atoms with van der Waals surface area (Å²) < 4.78 is 20.1. The van der Waals surface area contributed by atoms with E-state index in [1.807, 2.05) is 110 Å². The van der Waals surface area contributed by atoms with Crippen LogP contribution in [0, 0.1) is 6.92 Å². The van der Waals surface area contributed by atoms with Gasteiger partial charge in [0.2, 0.25) is 6.36 Å². The lowest BCUT2D eigenvalue weighted by Gasteiger charge is -2.24. The highest BCUT2D eigenvalue weighted by Crippen LogP contribution is 2.30. The first-order chi connectivity index (χ1) is 17.9. The van der Waals surface area contributed by atoms with E-state index in [9.17, 15) is 9.18 Å². The first kappa shape index (κ1) is 24.3. The number of alkyl halides is 1. The Morgan fingerprint density at radius 1 is 0.838 bits per heavy atom. The molecule has 5 rings (SSSR count). The largest absolute Gasteiger partial charge is 0.461 e. The molecule has 186 valence electrons. The minimum atomic E-state index is -1.38. The van der Waals surface area contributed by atoms with E-state index in [2.05, 4.69) is 0 Å². The monoisotopic (exact) mass is 493 g/mol. The zero-order valence-electron chi connectivity index (χ0n) is 21.0. The van der Waals surface area contributed by atoms with Gasteiger partial charge in [-0.3, -0.25) is 9.36 Å². The van der Waals surface area contributed by atoms with Gasteiger partial charge in [0, 0.05) is 25.3 Å². The number of rotatable bonds is 7. The zero-order chi connectivity index (χ0) is 25.9. The predicted molar refractivity (Wildman–Crippen MR) is 147 cm³/mol. The second-order valence-corrected chi connectivity index (χ2v) is 8.97. The molecule has 0 saturated carbocycles. The number of aromatic nitrogens is 2. The number of ether oxygens (including phenoxy) is 1. The van der Waals surface area contributed by atoms with Gasteiger partial charge in [0.05, 0.1) is 16.9 Å². The fraction of sp³-hybridized carbons (Fsp3) is 0.161. The highest BCUT2D eigenvalue weighted by atomic mass is 19.1. The van der Waals surface area contributed by atoms with Crippen molar-refractivity contribution in [2.45, 2.75) is 26.2 Å². The molecule has 0 aliphatic rings. The van der Waals surface area contributed by atoms with Crippen molar-refractivity contribution in [2.75, 3.05) is 11.9 Å². The van der Waals surface area contributed by atoms with Gasteiger partial charge in [-0.1, -0.05) is 60.7 Å². The molecule has 4 aromatic carbocycles. The minimum Gasteiger partial charge on any atom is -0.461 e. The Balaban J connectivity index is 1.60. The summed E-state index contributed by atoms with van der Waals surface area (Å²) in [6.07, 6.45) is -1.38. The average molecular weight is 494 g/mol. The van der Waals surface area contributed by atoms with Crippen molar-refractivity contribution in [3.8, 4) is 5.75 Å². The lowest BCUT2D eigenvalue weighted by molar-refractivity contribution is 0.0861. The maximum absolute atomic E-state index is 14.0. The molecule has 5 nitrogen and oxygen atoms in total. The second kappa shape index (κ2) is 10.3. The Hall–Kier alpha value is -4.45. The number of nitrogens with zero attached hydrogens (tertiary/aromatic N) is 3. The summed E-state index contributed by atoms with van der Waals surface area (Å²) in [5.41, 5.74) is 4.29. The van der Waals surface area contributed by atoms with Crippen LogP contribution in [0.1, 0.15) is 29.9 Å². The first-order valence-corrected chi connectivity index (χ1v) is 12.2. The third-order valence-corrected chi connectivity index (χ3v) is 6.46. The number of fused-ring (bicyclic) bond motifs is 1. The van der Waals surface area contributed by atoms with Crippen LogP contribution < -0.4 is 15.2 Å². The lowest BCUT2D eigenvalue weighted by Crippen LogP contribution is -2.29. The third-order valence-electron chi connectivity index (χ3n) is 6.46. The van der Waals surface area contributed by atoms with Crippen LogP contribution in [0.3, 0.4) is 0 Å². The van der Waals surface area contributed by atoms with Crippen molar-refractivity contribution < 1.29 is 9.13 Å². The minimum absolute atomic E-state index is 0.101. The molecular weight excluding hydrogens is 465 g/mol. The van der Waals surface area contributed by atoms with Crippen LogP contribution in [0.15, 0.2) is 108 Å². The summed E-state index contributed by atoms with van der Waals surface area (Å²) in [4.78, 5) is 20.8. The number of hydrogen-bond donors (Lipinski definition) is 0. The van der Waals surface area contributed by atoms with E-state index in [1.54, 1.807) is 16.7 Å². The van der Waals surface area contributed by atoms with Gasteiger partial charge in [-0.25, -0.2) is 9.37 Å². The Kier molecular flexibility index (Phi) is 6.73. The number of benzene rings is 4. The molecule has 1 unspecified atom stereocenters. The van der Waals surface area contributed by atoms with Crippen LogP contribution >= 0.6 is 0 Å². The number of anilines is 2. The maximum Gasteiger partial charge on any atom is 0.262 e. The molecular formula is C31H28FN3O2. The van der Waals surface area contributed by atoms with Crippen molar-refractivity contribution in [2.24, 2.45) is 0 Å².